The van der Waals surface area contributed by atoms with Gasteiger partial charge in [0.1, 0.15) is 0 Å². The second kappa shape index (κ2) is 9.98. The zero-order valence-electron chi connectivity index (χ0n) is 25.3. The summed E-state index contributed by atoms with van der Waals surface area (Å²) in [5.41, 5.74) is 12.6. The number of aromatic nitrogens is 2. The van der Waals surface area contributed by atoms with Gasteiger partial charge in [-0.25, -0.2) is 4.85 Å². The first-order chi connectivity index (χ1) is 22.0. The van der Waals surface area contributed by atoms with E-state index in [1.807, 2.05) is 25.1 Å². The highest BCUT2D eigenvalue weighted by Gasteiger charge is 2.22. The Bertz CT molecular complexity index is 2600. The van der Waals surface area contributed by atoms with Gasteiger partial charge in [0.05, 0.1) is 51.6 Å². The summed E-state index contributed by atoms with van der Waals surface area (Å²) in [6.07, 6.45) is 0. The first kappa shape index (κ1) is 26.5. The Hall–Kier alpha value is -6.10. The number of rotatable bonds is 3. The Labute approximate surface area is 261 Å². The summed E-state index contributed by atoms with van der Waals surface area (Å²) >= 11 is 0. The number of hydrogen-bond acceptors (Lipinski definition) is 1. The molecule has 8 aromatic rings. The number of fused-ring (bicyclic) bond motifs is 6. The Kier molecular flexibility index (Phi) is 5.88. The van der Waals surface area contributed by atoms with Gasteiger partial charge in [-0.05, 0) is 73.9 Å². The maximum Gasteiger partial charge on any atom is 0.187 e. The number of aryl methyl sites for hydroxylation is 3. The van der Waals surface area contributed by atoms with Gasteiger partial charge in [-0.15, -0.1) is 0 Å². The largest absolute Gasteiger partial charge is 0.307 e. The highest BCUT2D eigenvalue weighted by molar-refractivity contribution is 6.12. The van der Waals surface area contributed by atoms with E-state index in [4.69, 9.17) is 6.57 Å². The van der Waals surface area contributed by atoms with Gasteiger partial charge >= 0.3 is 0 Å². The monoisotopic (exact) mass is 576 g/mol. The number of hydrogen-bond donors (Lipinski definition) is 0. The van der Waals surface area contributed by atoms with E-state index in [-0.39, 0.29) is 0 Å². The fourth-order valence-corrected chi connectivity index (χ4v) is 6.95. The molecule has 0 aliphatic heterocycles. The van der Waals surface area contributed by atoms with E-state index in [9.17, 15) is 5.26 Å². The molecular formula is C41H28N4. The maximum atomic E-state index is 10.7. The van der Waals surface area contributed by atoms with Crippen molar-refractivity contribution in [2.45, 2.75) is 20.8 Å². The number of nitriles is 1. The van der Waals surface area contributed by atoms with Crippen molar-refractivity contribution in [3.8, 4) is 28.6 Å². The van der Waals surface area contributed by atoms with Gasteiger partial charge in [-0.2, -0.15) is 5.26 Å². The summed E-state index contributed by atoms with van der Waals surface area (Å²) in [6, 6.07) is 42.8. The van der Waals surface area contributed by atoms with Crippen molar-refractivity contribution in [2.75, 3.05) is 0 Å². The van der Waals surface area contributed by atoms with Gasteiger partial charge < -0.3 is 9.13 Å². The lowest BCUT2D eigenvalue weighted by molar-refractivity contribution is 1.09. The summed E-state index contributed by atoms with van der Waals surface area (Å²) in [5.74, 6) is 0. The Morgan fingerprint density at radius 1 is 0.556 bits per heavy atom. The Morgan fingerprint density at radius 2 is 1.09 bits per heavy atom. The van der Waals surface area contributed by atoms with Crippen LogP contribution in [-0.4, -0.2) is 9.13 Å². The molecule has 0 radical (unpaired) electrons. The highest BCUT2D eigenvalue weighted by Crippen LogP contribution is 2.41. The van der Waals surface area contributed by atoms with E-state index in [1.165, 1.54) is 32.7 Å². The molecule has 0 saturated heterocycles. The van der Waals surface area contributed by atoms with Crippen LogP contribution in [0.3, 0.4) is 0 Å². The van der Waals surface area contributed by atoms with Gasteiger partial charge in [0.2, 0.25) is 0 Å². The SMILES string of the molecule is [C-]#[N+]c1ccc(-c2cc(-n3c4ccccc4c4ccc(C)cc43)c(-n3c4ccccc4c4ccc(C)cc43)cc2C#N)c(C)c1. The van der Waals surface area contributed by atoms with Gasteiger partial charge in [-0.1, -0.05) is 84.4 Å². The standard InChI is InChI=1S/C41H28N4/c1-25-13-16-33-31-9-5-7-11-36(31)44(38(33)19-25)40-22-28(24-42)35(30-18-15-29(43-4)21-27(30)3)23-41(40)45-37-12-8-6-10-32(37)34-17-14-26(2)20-39(34)45/h5-23H,1-3H3. The molecule has 0 unspecified atom stereocenters. The van der Waals surface area contributed by atoms with Crippen molar-refractivity contribution in [1.29, 1.82) is 5.26 Å². The zero-order valence-corrected chi connectivity index (χ0v) is 25.3. The van der Waals surface area contributed by atoms with Crippen LogP contribution in [0.15, 0.2) is 115 Å². The lowest BCUT2D eigenvalue weighted by Crippen LogP contribution is -2.06. The molecule has 0 spiro atoms. The van der Waals surface area contributed by atoms with Crippen LogP contribution in [0.5, 0.6) is 0 Å². The molecule has 4 nitrogen and oxygen atoms in total. The lowest BCUT2D eigenvalue weighted by atomic mass is 9.94. The van der Waals surface area contributed by atoms with Crippen LogP contribution in [0.1, 0.15) is 22.3 Å². The quantitative estimate of drug-likeness (QED) is 0.193. The Morgan fingerprint density at radius 3 is 1.62 bits per heavy atom. The predicted molar refractivity (Wildman–Crippen MR) is 186 cm³/mol. The van der Waals surface area contributed by atoms with Crippen molar-refractivity contribution in [1.82, 2.24) is 9.13 Å². The topological polar surface area (TPSA) is 38.0 Å². The molecule has 0 aliphatic carbocycles. The lowest BCUT2D eigenvalue weighted by Gasteiger charge is -2.20. The van der Waals surface area contributed by atoms with Crippen LogP contribution in [0.25, 0.3) is 71.0 Å². The predicted octanol–water partition coefficient (Wildman–Crippen LogP) is 10.9. The number of benzene rings is 6. The first-order valence-corrected chi connectivity index (χ1v) is 15.0. The van der Waals surface area contributed by atoms with Crippen molar-refractivity contribution < 1.29 is 0 Å². The molecule has 0 aliphatic rings. The molecule has 0 amide bonds. The van der Waals surface area contributed by atoms with Gasteiger partial charge in [0, 0.05) is 27.1 Å². The van der Waals surface area contributed by atoms with Gasteiger partial charge in [0.15, 0.2) is 5.69 Å². The molecule has 212 valence electrons. The zero-order chi connectivity index (χ0) is 30.8. The molecule has 0 N–H and O–H groups in total. The molecule has 2 aromatic heterocycles. The third kappa shape index (κ3) is 3.97. The molecule has 45 heavy (non-hydrogen) atoms. The van der Waals surface area contributed by atoms with Crippen LogP contribution in [0.2, 0.25) is 0 Å². The van der Waals surface area contributed by atoms with Crippen molar-refractivity contribution in [2.24, 2.45) is 0 Å². The van der Waals surface area contributed by atoms with Crippen molar-refractivity contribution >= 4 is 49.3 Å². The van der Waals surface area contributed by atoms with E-state index in [0.29, 0.717) is 11.3 Å². The van der Waals surface area contributed by atoms with Crippen LogP contribution in [0.4, 0.5) is 5.69 Å². The minimum Gasteiger partial charge on any atom is -0.307 e. The minimum absolute atomic E-state index is 0.586. The average molecular weight is 577 g/mol. The van der Waals surface area contributed by atoms with E-state index in [2.05, 4.69) is 131 Å². The van der Waals surface area contributed by atoms with Crippen LogP contribution >= 0.6 is 0 Å². The molecule has 2 heterocycles. The first-order valence-electron chi connectivity index (χ1n) is 15.0. The summed E-state index contributed by atoms with van der Waals surface area (Å²) in [7, 11) is 0. The third-order valence-electron chi connectivity index (χ3n) is 9.00. The molecule has 6 aromatic carbocycles. The normalized spacial score (nSPS) is 11.4. The number of para-hydroxylation sites is 2. The Balaban J connectivity index is 1.59. The molecule has 0 bridgehead atoms. The van der Waals surface area contributed by atoms with E-state index < -0.39 is 0 Å². The number of nitrogens with zero attached hydrogens (tertiary/aromatic N) is 4. The average Bonchev–Trinajstić information content (AvgIpc) is 3.55. The summed E-state index contributed by atoms with van der Waals surface area (Å²) in [5, 5.41) is 15.4. The molecule has 0 fully saturated rings. The van der Waals surface area contributed by atoms with E-state index in [0.717, 1.165) is 50.1 Å². The smallest absolute Gasteiger partial charge is 0.187 e. The van der Waals surface area contributed by atoms with E-state index >= 15 is 0 Å². The van der Waals surface area contributed by atoms with Crippen molar-refractivity contribution in [3.63, 3.8) is 0 Å². The van der Waals surface area contributed by atoms with Gasteiger partial charge in [-0.3, -0.25) is 0 Å². The van der Waals surface area contributed by atoms with Gasteiger partial charge in [0.25, 0.3) is 0 Å². The van der Waals surface area contributed by atoms with Crippen molar-refractivity contribution in [3.05, 3.63) is 149 Å². The second-order valence-corrected chi connectivity index (χ2v) is 11.9. The summed E-state index contributed by atoms with van der Waals surface area (Å²) in [6.45, 7) is 13.8. The molecular weight excluding hydrogens is 548 g/mol. The molecule has 4 heteroatoms. The maximum absolute atomic E-state index is 10.7. The summed E-state index contributed by atoms with van der Waals surface area (Å²) in [4.78, 5) is 3.63. The fourth-order valence-electron chi connectivity index (χ4n) is 6.95. The summed E-state index contributed by atoms with van der Waals surface area (Å²) < 4.78 is 4.68. The fraction of sp³-hybridized carbons (Fsp3) is 0.0732. The third-order valence-corrected chi connectivity index (χ3v) is 9.00. The minimum atomic E-state index is 0.586. The molecule has 8 rings (SSSR count). The molecule has 0 atom stereocenters. The van der Waals surface area contributed by atoms with E-state index in [1.54, 1.807) is 0 Å². The molecule has 0 saturated carbocycles. The van der Waals surface area contributed by atoms with Crippen LogP contribution in [0, 0.1) is 38.7 Å². The van der Waals surface area contributed by atoms with Crippen LogP contribution in [-0.2, 0) is 0 Å². The van der Waals surface area contributed by atoms with Crippen LogP contribution < -0.4 is 0 Å². The second-order valence-electron chi connectivity index (χ2n) is 11.9. The highest BCUT2D eigenvalue weighted by atomic mass is 15.1.